The molecule has 0 aromatic heterocycles. The molecule has 13 N–H and O–H groups in total. The van der Waals surface area contributed by atoms with Gasteiger partial charge in [0.2, 0.25) is 0 Å². The lowest BCUT2D eigenvalue weighted by atomic mass is 9.85. The first kappa shape index (κ1) is 33.2. The smallest absolute Gasteiger partial charge is 0.326 e. The highest BCUT2D eigenvalue weighted by Gasteiger charge is 2.32. The quantitative estimate of drug-likeness (QED) is 0.138. The van der Waals surface area contributed by atoms with Gasteiger partial charge in [-0.15, -0.1) is 0 Å². The lowest BCUT2D eigenvalue weighted by molar-refractivity contribution is 0.0896. The number of hydrogen-bond acceptors (Lipinski definition) is 7. The summed E-state index contributed by atoms with van der Waals surface area (Å²) in [7, 11) is -13.9. The minimum absolute atomic E-state index is 0.493. The van der Waals surface area contributed by atoms with E-state index in [0.29, 0.717) is 12.1 Å². The van der Waals surface area contributed by atoms with Gasteiger partial charge < -0.3 is 65.3 Å². The van der Waals surface area contributed by atoms with Gasteiger partial charge in [-0.3, -0.25) is 0 Å². The zero-order chi connectivity index (χ0) is 26.0. The lowest BCUT2D eigenvalue weighted by Gasteiger charge is -2.43. The maximum atomic E-state index is 8.88. The number of fused-ring (bicyclic) bond motifs is 6. The Balaban J connectivity index is 0.000000404. The van der Waals surface area contributed by atoms with Crippen LogP contribution in [0.25, 0.3) is 0 Å². The second-order valence-corrected chi connectivity index (χ2v) is 11.2. The largest absolute Gasteiger partial charge is 0.466 e. The Bertz CT molecular complexity index is 585. The van der Waals surface area contributed by atoms with Gasteiger partial charge in [0, 0.05) is 25.2 Å². The first-order valence-electron chi connectivity index (χ1n) is 10.0. The molecule has 6 rings (SSSR count). The van der Waals surface area contributed by atoms with E-state index in [0.717, 1.165) is 24.9 Å². The molecule has 19 heteroatoms. The molecule has 0 spiro atoms. The third-order valence-corrected chi connectivity index (χ3v) is 5.41. The van der Waals surface area contributed by atoms with Crippen molar-refractivity contribution < 1.29 is 57.7 Å². The maximum Gasteiger partial charge on any atom is 0.466 e. The fourth-order valence-electron chi connectivity index (χ4n) is 4.02. The van der Waals surface area contributed by atoms with Crippen LogP contribution in [0.4, 0.5) is 0 Å². The summed E-state index contributed by atoms with van der Waals surface area (Å²) in [6.45, 7) is 7.53. The lowest BCUT2D eigenvalue weighted by Crippen LogP contribution is -2.54. The summed E-state index contributed by atoms with van der Waals surface area (Å²) in [4.78, 5) is 69.6. The molecule has 6 aliphatic rings. The van der Waals surface area contributed by atoms with Crippen LogP contribution in [0.5, 0.6) is 0 Å². The molecular weight excluding hydrogens is 509 g/mol. The summed E-state index contributed by atoms with van der Waals surface area (Å²) in [5.41, 5.74) is 11.8. The molecule has 4 bridgehead atoms. The summed E-state index contributed by atoms with van der Waals surface area (Å²) in [5, 5.41) is 0. The van der Waals surface area contributed by atoms with Crippen molar-refractivity contribution in [2.45, 2.75) is 37.8 Å². The molecule has 16 nitrogen and oxygen atoms in total. The Kier molecular flexibility index (Phi) is 14.7. The van der Waals surface area contributed by atoms with Gasteiger partial charge in [-0.1, -0.05) is 0 Å². The van der Waals surface area contributed by atoms with Crippen LogP contribution in [0.1, 0.15) is 25.7 Å². The predicted octanol–water partition coefficient (Wildman–Crippen LogP) is -2.71. The third-order valence-electron chi connectivity index (χ3n) is 5.41. The summed E-state index contributed by atoms with van der Waals surface area (Å²) < 4.78 is 26.6. The second-order valence-electron chi connectivity index (χ2n) is 8.14. The van der Waals surface area contributed by atoms with Crippen molar-refractivity contribution in [2.75, 3.05) is 39.3 Å². The highest BCUT2D eigenvalue weighted by Crippen LogP contribution is 2.27. The van der Waals surface area contributed by atoms with Gasteiger partial charge in [-0.2, -0.15) is 0 Å². The van der Waals surface area contributed by atoms with Crippen molar-refractivity contribution in [3.8, 4) is 0 Å². The minimum Gasteiger partial charge on any atom is -0.326 e. The number of nitrogens with two attached hydrogens (primary N) is 2. The highest BCUT2D eigenvalue weighted by atomic mass is 31.2. The molecule has 200 valence electrons. The van der Waals surface area contributed by atoms with Crippen LogP contribution in [0, 0.1) is 11.8 Å². The van der Waals surface area contributed by atoms with Crippen LogP contribution >= 0.6 is 23.5 Å². The maximum absolute atomic E-state index is 8.88. The summed E-state index contributed by atoms with van der Waals surface area (Å²) in [6, 6.07) is 0.986. The second kappa shape index (κ2) is 14.7. The number of hydrogen-bond donors (Lipinski definition) is 11. The molecule has 0 aliphatic carbocycles. The summed E-state index contributed by atoms with van der Waals surface area (Å²) >= 11 is 0. The van der Waals surface area contributed by atoms with Crippen molar-refractivity contribution in [1.82, 2.24) is 9.80 Å². The zero-order valence-electron chi connectivity index (χ0n) is 18.0. The molecule has 0 saturated carbocycles. The van der Waals surface area contributed by atoms with Crippen LogP contribution in [-0.2, 0) is 13.7 Å². The Morgan fingerprint density at radius 3 is 0.758 bits per heavy atom. The van der Waals surface area contributed by atoms with Crippen molar-refractivity contribution >= 4 is 23.5 Å². The molecule has 6 aliphatic heterocycles. The van der Waals surface area contributed by atoms with Gasteiger partial charge in [-0.05, 0) is 63.7 Å². The van der Waals surface area contributed by atoms with Crippen molar-refractivity contribution in [3.05, 3.63) is 0 Å². The molecule has 33 heavy (non-hydrogen) atoms. The van der Waals surface area contributed by atoms with Gasteiger partial charge in [0.1, 0.15) is 0 Å². The molecule has 0 amide bonds. The minimum atomic E-state index is -4.64. The predicted molar refractivity (Wildman–Crippen MR) is 117 cm³/mol. The van der Waals surface area contributed by atoms with Gasteiger partial charge in [0.05, 0.1) is 0 Å². The Morgan fingerprint density at radius 1 is 0.515 bits per heavy atom. The van der Waals surface area contributed by atoms with E-state index >= 15 is 0 Å². The molecule has 6 fully saturated rings. The molecule has 0 radical (unpaired) electrons. The monoisotopic (exact) mass is 546 g/mol. The Labute approximate surface area is 191 Å². The number of rotatable bonds is 0. The van der Waals surface area contributed by atoms with E-state index in [1.165, 1.54) is 51.9 Å². The normalized spacial score (nSPS) is 32.5. The van der Waals surface area contributed by atoms with Crippen LogP contribution < -0.4 is 11.5 Å². The number of piperidine rings is 6. The van der Waals surface area contributed by atoms with Crippen molar-refractivity contribution in [1.29, 1.82) is 0 Å². The van der Waals surface area contributed by atoms with Crippen molar-refractivity contribution in [3.63, 3.8) is 0 Å². The SMILES string of the molecule is N[C@@H]1CN2CCC1CC2.N[C@@H]1CN2CCC1CC2.O=P(O)(O)O.O=P(O)(O)O.O=P(O)(O)O. The molecule has 0 unspecified atom stereocenters. The van der Waals surface area contributed by atoms with Crippen LogP contribution in [0.2, 0.25) is 0 Å². The molecular formula is C14H37N4O12P3. The van der Waals surface area contributed by atoms with E-state index in [4.69, 9.17) is 69.2 Å². The van der Waals surface area contributed by atoms with E-state index < -0.39 is 23.5 Å². The van der Waals surface area contributed by atoms with Gasteiger partial charge in [0.15, 0.2) is 0 Å². The molecule has 2 atom stereocenters. The standard InChI is InChI=1S/2C7H14N2.3H3O4P/c2*8-7-5-9-3-1-6(7)2-4-9;3*1-5(2,3)4/h2*6-7H,1-5,8H2;3*(H3,1,2,3,4)/t2*7-;;;/m11.../s1. The number of nitrogens with zero attached hydrogens (tertiary/aromatic N) is 2. The fraction of sp³-hybridized carbons (Fsp3) is 1.00. The Hall–Kier alpha value is 0.170. The van der Waals surface area contributed by atoms with E-state index in [9.17, 15) is 0 Å². The van der Waals surface area contributed by atoms with E-state index in [1.54, 1.807) is 0 Å². The van der Waals surface area contributed by atoms with E-state index in [-0.39, 0.29) is 0 Å². The van der Waals surface area contributed by atoms with Crippen molar-refractivity contribution in [2.24, 2.45) is 23.3 Å². The third kappa shape index (κ3) is 22.4. The Morgan fingerprint density at radius 2 is 0.697 bits per heavy atom. The topological polar surface area (TPSA) is 292 Å². The zero-order valence-corrected chi connectivity index (χ0v) is 20.7. The van der Waals surface area contributed by atoms with Gasteiger partial charge >= 0.3 is 23.5 Å². The average Bonchev–Trinajstić information content (AvgIpc) is 2.60. The van der Waals surface area contributed by atoms with E-state index in [2.05, 4.69) is 9.80 Å². The summed E-state index contributed by atoms with van der Waals surface area (Å²) in [6.07, 6.45) is 5.39. The molecule has 0 aromatic carbocycles. The van der Waals surface area contributed by atoms with Crippen LogP contribution in [-0.4, -0.2) is 105 Å². The van der Waals surface area contributed by atoms with Crippen LogP contribution in [0.3, 0.4) is 0 Å². The fourth-order valence-corrected chi connectivity index (χ4v) is 4.02. The molecule has 6 heterocycles. The van der Waals surface area contributed by atoms with E-state index in [1.807, 2.05) is 0 Å². The first-order valence-corrected chi connectivity index (χ1v) is 14.7. The molecule has 0 aromatic rings. The average molecular weight is 546 g/mol. The number of phosphoric acid groups is 3. The summed E-state index contributed by atoms with van der Waals surface area (Å²) in [5.74, 6) is 1.71. The van der Waals surface area contributed by atoms with Crippen LogP contribution in [0.15, 0.2) is 0 Å². The van der Waals surface area contributed by atoms with Gasteiger partial charge in [-0.25, -0.2) is 13.7 Å². The van der Waals surface area contributed by atoms with Gasteiger partial charge in [0.25, 0.3) is 0 Å². The highest BCUT2D eigenvalue weighted by molar-refractivity contribution is 7.45. The first-order chi connectivity index (χ1) is 14.7. The molecule has 6 saturated heterocycles.